The second-order valence-electron chi connectivity index (χ2n) is 6.26. The molecule has 130 valence electrons. The Balaban J connectivity index is 1.77. The molecule has 0 spiro atoms. The molecule has 0 saturated heterocycles. The Kier molecular flexibility index (Phi) is 3.68. The summed E-state index contributed by atoms with van der Waals surface area (Å²) in [5.41, 5.74) is 7.99. The van der Waals surface area contributed by atoms with Crippen LogP contribution in [0.3, 0.4) is 0 Å². The van der Waals surface area contributed by atoms with E-state index in [-0.39, 0.29) is 5.56 Å². The molecule has 0 amide bonds. The van der Waals surface area contributed by atoms with Gasteiger partial charge in [-0.2, -0.15) is 0 Å². The zero-order chi connectivity index (χ0) is 17.7. The number of nitrogens with two attached hydrogens (primary N) is 1. The summed E-state index contributed by atoms with van der Waals surface area (Å²) in [5.74, 6) is -2.11. The lowest BCUT2D eigenvalue weighted by atomic mass is 9.86. The fraction of sp³-hybridized carbons (Fsp3) is 0.278. The third-order valence-corrected chi connectivity index (χ3v) is 4.79. The van der Waals surface area contributed by atoms with Crippen LogP contribution in [-0.4, -0.2) is 22.7 Å². The van der Waals surface area contributed by atoms with Crippen molar-refractivity contribution in [3.63, 3.8) is 0 Å². The minimum absolute atomic E-state index is 0.0855. The van der Waals surface area contributed by atoms with Gasteiger partial charge in [0, 0.05) is 37.1 Å². The lowest BCUT2D eigenvalue weighted by Crippen LogP contribution is -2.39. The molecule has 1 aliphatic rings. The molecule has 1 aromatic heterocycles. The van der Waals surface area contributed by atoms with E-state index in [1.165, 1.54) is 0 Å². The molecule has 2 heterocycles. The lowest BCUT2D eigenvalue weighted by Gasteiger charge is -2.30. The topological polar surface area (TPSA) is 53.1 Å². The number of aromatic nitrogens is 2. The van der Waals surface area contributed by atoms with E-state index in [4.69, 9.17) is 10.5 Å². The monoisotopic (exact) mass is 347 g/mol. The molecule has 2 N–H and O–H groups in total. The molecule has 0 aliphatic carbocycles. The minimum atomic E-state index is -1.20. The van der Waals surface area contributed by atoms with Crippen molar-refractivity contribution in [2.24, 2.45) is 5.73 Å². The highest BCUT2D eigenvalue weighted by Crippen LogP contribution is 2.34. The van der Waals surface area contributed by atoms with Gasteiger partial charge in [0.2, 0.25) is 0 Å². The highest BCUT2D eigenvalue weighted by molar-refractivity contribution is 5.78. The number of benzene rings is 2. The van der Waals surface area contributed by atoms with E-state index >= 15 is 0 Å². The molecule has 0 fully saturated rings. The van der Waals surface area contributed by atoms with Crippen LogP contribution in [-0.2, 0) is 13.0 Å². The van der Waals surface area contributed by atoms with Crippen LogP contribution in [0.25, 0.3) is 11.0 Å². The van der Waals surface area contributed by atoms with Gasteiger partial charge in [-0.3, -0.25) is 0 Å². The molecule has 3 aromatic rings. The van der Waals surface area contributed by atoms with Crippen LogP contribution in [0.2, 0.25) is 0 Å². The molecule has 0 saturated carbocycles. The maximum atomic E-state index is 14.2. The molecule has 4 rings (SSSR count). The SMILES string of the molecule is COc1ccc2c(c1)nc1n2C[C@H](N)[C@@H](c2cc(F)c(F)cc2F)C1. The van der Waals surface area contributed by atoms with Crippen molar-refractivity contribution in [2.45, 2.75) is 24.9 Å². The summed E-state index contributed by atoms with van der Waals surface area (Å²) in [6, 6.07) is 6.58. The Morgan fingerprint density at radius 2 is 1.88 bits per heavy atom. The van der Waals surface area contributed by atoms with Crippen molar-refractivity contribution in [3.05, 3.63) is 59.2 Å². The zero-order valence-electron chi connectivity index (χ0n) is 13.5. The number of nitrogens with zero attached hydrogens (tertiary/aromatic N) is 2. The van der Waals surface area contributed by atoms with Crippen LogP contribution >= 0.6 is 0 Å². The van der Waals surface area contributed by atoms with E-state index in [1.54, 1.807) is 7.11 Å². The third kappa shape index (κ3) is 2.55. The van der Waals surface area contributed by atoms with Crippen molar-refractivity contribution in [1.82, 2.24) is 9.55 Å². The van der Waals surface area contributed by atoms with Gasteiger partial charge in [0.05, 0.1) is 18.1 Å². The van der Waals surface area contributed by atoms with Crippen LogP contribution in [0.5, 0.6) is 5.75 Å². The maximum Gasteiger partial charge on any atom is 0.161 e. The Hall–Kier alpha value is -2.54. The van der Waals surface area contributed by atoms with Crippen molar-refractivity contribution >= 4 is 11.0 Å². The molecular formula is C18H16F3N3O. The summed E-state index contributed by atoms with van der Waals surface area (Å²) in [5, 5.41) is 0. The second-order valence-corrected chi connectivity index (χ2v) is 6.26. The Bertz CT molecular complexity index is 970. The van der Waals surface area contributed by atoms with Crippen molar-refractivity contribution in [3.8, 4) is 5.75 Å². The van der Waals surface area contributed by atoms with Crippen LogP contribution in [0.4, 0.5) is 13.2 Å². The van der Waals surface area contributed by atoms with E-state index in [9.17, 15) is 13.2 Å². The van der Waals surface area contributed by atoms with Gasteiger partial charge in [-0.15, -0.1) is 0 Å². The summed E-state index contributed by atoms with van der Waals surface area (Å²) >= 11 is 0. The van der Waals surface area contributed by atoms with Gasteiger partial charge >= 0.3 is 0 Å². The number of halogens is 3. The first kappa shape index (κ1) is 16.0. The summed E-state index contributed by atoms with van der Waals surface area (Å²) in [4.78, 5) is 4.58. The second kappa shape index (κ2) is 5.77. The lowest BCUT2D eigenvalue weighted by molar-refractivity contribution is 0.391. The summed E-state index contributed by atoms with van der Waals surface area (Å²) in [7, 11) is 1.58. The molecule has 2 atom stereocenters. The molecule has 25 heavy (non-hydrogen) atoms. The first-order valence-corrected chi connectivity index (χ1v) is 7.91. The summed E-state index contributed by atoms with van der Waals surface area (Å²) in [6.45, 7) is 0.418. The number of rotatable bonds is 2. The Morgan fingerprint density at radius 1 is 1.12 bits per heavy atom. The van der Waals surface area contributed by atoms with Crippen LogP contribution < -0.4 is 10.5 Å². The number of imidazole rings is 1. The van der Waals surface area contributed by atoms with E-state index < -0.39 is 29.4 Å². The van der Waals surface area contributed by atoms with Crippen molar-refractivity contribution < 1.29 is 17.9 Å². The molecule has 0 unspecified atom stereocenters. The van der Waals surface area contributed by atoms with Gasteiger partial charge in [0.25, 0.3) is 0 Å². The normalized spacial score (nSPS) is 19.9. The fourth-order valence-corrected chi connectivity index (χ4v) is 3.49. The molecule has 4 nitrogen and oxygen atoms in total. The predicted octanol–water partition coefficient (Wildman–Crippen LogP) is 3.13. The van der Waals surface area contributed by atoms with E-state index in [1.807, 2.05) is 22.8 Å². The average molecular weight is 347 g/mol. The molecular weight excluding hydrogens is 331 g/mol. The Labute approximate surface area is 142 Å². The van der Waals surface area contributed by atoms with Crippen LogP contribution in [0, 0.1) is 17.5 Å². The van der Waals surface area contributed by atoms with Gasteiger partial charge < -0.3 is 15.0 Å². The van der Waals surface area contributed by atoms with E-state index in [0.717, 1.165) is 22.9 Å². The van der Waals surface area contributed by atoms with E-state index in [2.05, 4.69) is 4.98 Å². The zero-order valence-corrected chi connectivity index (χ0v) is 13.5. The van der Waals surface area contributed by atoms with Gasteiger partial charge in [-0.25, -0.2) is 18.2 Å². The fourth-order valence-electron chi connectivity index (χ4n) is 3.49. The highest BCUT2D eigenvalue weighted by Gasteiger charge is 2.32. The first-order chi connectivity index (χ1) is 12.0. The molecule has 1 aliphatic heterocycles. The van der Waals surface area contributed by atoms with Gasteiger partial charge in [-0.1, -0.05) is 0 Å². The standard InChI is InChI=1S/C18H16F3N3O/c1-25-9-2-3-17-16(4-9)23-18-6-11(15(22)8-24(17)18)10-5-13(20)14(21)7-12(10)19/h2-5,7,11,15H,6,8,22H2,1H3/t11-,15+/m1/s1. The molecule has 2 aromatic carbocycles. The smallest absolute Gasteiger partial charge is 0.161 e. The summed E-state index contributed by atoms with van der Waals surface area (Å²) in [6.07, 6.45) is 0.347. The average Bonchev–Trinajstić information content (AvgIpc) is 2.94. The number of ether oxygens (including phenoxy) is 1. The Morgan fingerprint density at radius 3 is 2.64 bits per heavy atom. The van der Waals surface area contributed by atoms with E-state index in [0.29, 0.717) is 24.8 Å². The number of hydrogen-bond donors (Lipinski definition) is 1. The molecule has 0 bridgehead atoms. The quantitative estimate of drug-likeness (QED) is 0.725. The van der Waals surface area contributed by atoms with Crippen molar-refractivity contribution in [1.29, 1.82) is 0 Å². The summed E-state index contributed by atoms with van der Waals surface area (Å²) < 4.78 is 48.1. The molecule has 0 radical (unpaired) electrons. The maximum absolute atomic E-state index is 14.2. The minimum Gasteiger partial charge on any atom is -0.497 e. The van der Waals surface area contributed by atoms with Gasteiger partial charge in [-0.05, 0) is 23.8 Å². The largest absolute Gasteiger partial charge is 0.497 e. The van der Waals surface area contributed by atoms with Crippen molar-refractivity contribution in [2.75, 3.05) is 7.11 Å². The first-order valence-electron chi connectivity index (χ1n) is 7.91. The number of fused-ring (bicyclic) bond motifs is 3. The number of hydrogen-bond acceptors (Lipinski definition) is 3. The number of methoxy groups -OCH3 is 1. The van der Waals surface area contributed by atoms with Gasteiger partial charge in [0.1, 0.15) is 17.4 Å². The van der Waals surface area contributed by atoms with Crippen LogP contribution in [0.1, 0.15) is 17.3 Å². The predicted molar refractivity (Wildman–Crippen MR) is 87.0 cm³/mol. The third-order valence-electron chi connectivity index (χ3n) is 4.79. The van der Waals surface area contributed by atoms with Crippen LogP contribution in [0.15, 0.2) is 30.3 Å². The highest BCUT2D eigenvalue weighted by atomic mass is 19.2. The molecule has 7 heteroatoms. The van der Waals surface area contributed by atoms with Gasteiger partial charge in [0.15, 0.2) is 11.6 Å².